The molecule has 1 aliphatic rings. The largest absolute Gasteiger partial charge is 0.311 e. The summed E-state index contributed by atoms with van der Waals surface area (Å²) in [5.41, 5.74) is 0.935. The first-order valence-corrected chi connectivity index (χ1v) is 7.47. The standard InChI is InChI=1S/C14H23ClN4/c1-4-11-8-19(12(5-2)7-16-11)9-14-17-10(3)6-13(15)18-14/h6,11-12,16H,4-5,7-9H2,1-3H3. The van der Waals surface area contributed by atoms with E-state index >= 15 is 0 Å². The van der Waals surface area contributed by atoms with Gasteiger partial charge >= 0.3 is 0 Å². The van der Waals surface area contributed by atoms with Gasteiger partial charge in [-0.25, -0.2) is 9.97 Å². The number of nitrogens with zero attached hydrogens (tertiary/aromatic N) is 3. The highest BCUT2D eigenvalue weighted by Crippen LogP contribution is 2.16. The molecule has 1 aromatic heterocycles. The SMILES string of the molecule is CCC1CN(Cc2nc(C)cc(Cl)n2)C(CC)CN1. The van der Waals surface area contributed by atoms with E-state index < -0.39 is 0 Å². The third-order valence-corrected chi connectivity index (χ3v) is 3.98. The molecule has 0 saturated carbocycles. The number of halogens is 1. The topological polar surface area (TPSA) is 41.1 Å². The Bertz CT molecular complexity index is 404. The van der Waals surface area contributed by atoms with Crippen LogP contribution in [0.4, 0.5) is 0 Å². The highest BCUT2D eigenvalue weighted by Gasteiger charge is 2.26. The molecule has 0 aliphatic carbocycles. The molecule has 19 heavy (non-hydrogen) atoms. The predicted molar refractivity (Wildman–Crippen MR) is 78.3 cm³/mol. The third-order valence-electron chi connectivity index (χ3n) is 3.79. The monoisotopic (exact) mass is 282 g/mol. The second-order valence-corrected chi connectivity index (χ2v) is 5.64. The highest BCUT2D eigenvalue weighted by molar-refractivity contribution is 6.29. The normalized spacial score (nSPS) is 24.6. The van der Waals surface area contributed by atoms with Gasteiger partial charge in [-0.05, 0) is 25.8 Å². The number of rotatable bonds is 4. The van der Waals surface area contributed by atoms with Crippen LogP contribution in [0.2, 0.25) is 5.15 Å². The van der Waals surface area contributed by atoms with Crippen molar-refractivity contribution < 1.29 is 0 Å². The Labute approximate surface area is 120 Å². The summed E-state index contributed by atoms with van der Waals surface area (Å²) in [4.78, 5) is 11.3. The highest BCUT2D eigenvalue weighted by atomic mass is 35.5. The van der Waals surface area contributed by atoms with Crippen LogP contribution in [0.1, 0.15) is 38.2 Å². The van der Waals surface area contributed by atoms with Gasteiger partial charge in [0.25, 0.3) is 0 Å². The minimum absolute atomic E-state index is 0.540. The Kier molecular flexibility index (Phi) is 5.13. The van der Waals surface area contributed by atoms with Crippen LogP contribution in [-0.2, 0) is 6.54 Å². The maximum Gasteiger partial charge on any atom is 0.144 e. The lowest BCUT2D eigenvalue weighted by Gasteiger charge is -2.39. The fourth-order valence-electron chi connectivity index (χ4n) is 2.64. The summed E-state index contributed by atoms with van der Waals surface area (Å²) in [5.74, 6) is 0.834. The quantitative estimate of drug-likeness (QED) is 0.861. The molecule has 2 heterocycles. The second kappa shape index (κ2) is 6.64. The van der Waals surface area contributed by atoms with Crippen LogP contribution < -0.4 is 5.32 Å². The molecule has 0 radical (unpaired) electrons. The van der Waals surface area contributed by atoms with E-state index in [9.17, 15) is 0 Å². The maximum absolute atomic E-state index is 6.01. The van der Waals surface area contributed by atoms with Crippen molar-refractivity contribution in [2.45, 2.75) is 52.2 Å². The predicted octanol–water partition coefficient (Wildman–Crippen LogP) is 2.40. The lowest BCUT2D eigenvalue weighted by atomic mass is 10.1. The number of aryl methyl sites for hydroxylation is 1. The molecule has 0 amide bonds. The smallest absolute Gasteiger partial charge is 0.144 e. The van der Waals surface area contributed by atoms with Crippen molar-refractivity contribution in [3.8, 4) is 0 Å². The summed E-state index contributed by atoms with van der Waals surface area (Å²) < 4.78 is 0. The van der Waals surface area contributed by atoms with Gasteiger partial charge in [-0.2, -0.15) is 0 Å². The summed E-state index contributed by atoms with van der Waals surface area (Å²) in [5, 5.41) is 4.14. The molecule has 0 spiro atoms. The molecule has 0 aromatic carbocycles. The molecule has 106 valence electrons. The van der Waals surface area contributed by atoms with Crippen molar-refractivity contribution in [3.05, 3.63) is 22.7 Å². The second-order valence-electron chi connectivity index (χ2n) is 5.25. The lowest BCUT2D eigenvalue weighted by molar-refractivity contribution is 0.114. The molecule has 4 nitrogen and oxygen atoms in total. The van der Waals surface area contributed by atoms with Gasteiger partial charge in [0.2, 0.25) is 0 Å². The van der Waals surface area contributed by atoms with Crippen molar-refractivity contribution in [1.29, 1.82) is 0 Å². The fraction of sp³-hybridized carbons (Fsp3) is 0.714. The van der Waals surface area contributed by atoms with Gasteiger partial charge in [0, 0.05) is 30.9 Å². The molecule has 0 bridgehead atoms. The number of hydrogen-bond acceptors (Lipinski definition) is 4. The first kappa shape index (κ1) is 14.7. The van der Waals surface area contributed by atoms with Crippen molar-refractivity contribution in [1.82, 2.24) is 20.2 Å². The fourth-order valence-corrected chi connectivity index (χ4v) is 2.89. The Morgan fingerprint density at radius 2 is 2.16 bits per heavy atom. The lowest BCUT2D eigenvalue weighted by Crippen LogP contribution is -2.55. The molecule has 1 N–H and O–H groups in total. The van der Waals surface area contributed by atoms with E-state index in [1.54, 1.807) is 6.07 Å². The summed E-state index contributed by atoms with van der Waals surface area (Å²) in [6.45, 7) is 9.31. The Morgan fingerprint density at radius 1 is 1.37 bits per heavy atom. The van der Waals surface area contributed by atoms with Crippen molar-refractivity contribution in [2.75, 3.05) is 13.1 Å². The van der Waals surface area contributed by atoms with Crippen molar-refractivity contribution in [3.63, 3.8) is 0 Å². The van der Waals surface area contributed by atoms with Gasteiger partial charge in [0.05, 0.1) is 6.54 Å². The van der Waals surface area contributed by atoms with Gasteiger partial charge in [-0.3, -0.25) is 4.90 Å². The molecule has 2 rings (SSSR count). The molecule has 1 fully saturated rings. The molecular weight excluding hydrogens is 260 g/mol. The van der Waals surface area contributed by atoms with E-state index in [0.717, 1.165) is 44.0 Å². The summed E-state index contributed by atoms with van der Waals surface area (Å²) in [6.07, 6.45) is 2.30. The van der Waals surface area contributed by atoms with Crippen LogP contribution in [0.3, 0.4) is 0 Å². The molecule has 1 saturated heterocycles. The zero-order valence-corrected chi connectivity index (χ0v) is 12.7. The Hall–Kier alpha value is -0.710. The number of nitrogens with one attached hydrogen (secondary N) is 1. The van der Waals surface area contributed by atoms with E-state index in [-0.39, 0.29) is 0 Å². The minimum atomic E-state index is 0.540. The van der Waals surface area contributed by atoms with Gasteiger partial charge in [-0.15, -0.1) is 0 Å². The number of aromatic nitrogens is 2. The van der Waals surface area contributed by atoms with Crippen molar-refractivity contribution in [2.24, 2.45) is 0 Å². The van der Waals surface area contributed by atoms with Crippen LogP contribution in [-0.4, -0.2) is 40.0 Å². The number of piperazine rings is 1. The van der Waals surface area contributed by atoms with Gasteiger partial charge < -0.3 is 5.32 Å². The third kappa shape index (κ3) is 3.88. The average molecular weight is 283 g/mol. The van der Waals surface area contributed by atoms with Crippen LogP contribution in [0, 0.1) is 6.92 Å². The van der Waals surface area contributed by atoms with Crippen LogP contribution >= 0.6 is 11.6 Å². The maximum atomic E-state index is 6.01. The van der Waals surface area contributed by atoms with E-state index in [1.807, 2.05) is 6.92 Å². The van der Waals surface area contributed by atoms with Crippen molar-refractivity contribution >= 4 is 11.6 Å². The minimum Gasteiger partial charge on any atom is -0.311 e. The number of hydrogen-bond donors (Lipinski definition) is 1. The first-order valence-electron chi connectivity index (χ1n) is 7.09. The average Bonchev–Trinajstić information content (AvgIpc) is 2.37. The van der Waals surface area contributed by atoms with Gasteiger partial charge in [0.15, 0.2) is 0 Å². The van der Waals surface area contributed by atoms with Crippen LogP contribution in [0.25, 0.3) is 0 Å². The first-order chi connectivity index (χ1) is 9.12. The van der Waals surface area contributed by atoms with Gasteiger partial charge in [-0.1, -0.05) is 25.4 Å². The molecular formula is C14H23ClN4. The Balaban J connectivity index is 2.09. The van der Waals surface area contributed by atoms with E-state index in [2.05, 4.69) is 34.0 Å². The van der Waals surface area contributed by atoms with Crippen LogP contribution in [0.15, 0.2) is 6.07 Å². The molecule has 1 aromatic rings. The summed E-state index contributed by atoms with van der Waals surface area (Å²) in [7, 11) is 0. The zero-order valence-electron chi connectivity index (χ0n) is 12.0. The summed E-state index contributed by atoms with van der Waals surface area (Å²) in [6, 6.07) is 2.93. The zero-order chi connectivity index (χ0) is 13.8. The Morgan fingerprint density at radius 3 is 2.79 bits per heavy atom. The van der Waals surface area contributed by atoms with Crippen LogP contribution in [0.5, 0.6) is 0 Å². The molecule has 2 atom stereocenters. The van der Waals surface area contributed by atoms with E-state index in [4.69, 9.17) is 11.6 Å². The van der Waals surface area contributed by atoms with E-state index in [0.29, 0.717) is 17.2 Å². The summed E-state index contributed by atoms with van der Waals surface area (Å²) >= 11 is 6.01. The molecule has 2 unspecified atom stereocenters. The van der Waals surface area contributed by atoms with E-state index in [1.165, 1.54) is 0 Å². The molecule has 1 aliphatic heterocycles. The molecule has 5 heteroatoms. The van der Waals surface area contributed by atoms with Gasteiger partial charge in [0.1, 0.15) is 11.0 Å².